The van der Waals surface area contributed by atoms with Gasteiger partial charge < -0.3 is 20.5 Å². The smallest absolute Gasteiger partial charge is 0.335 e. The molecule has 0 bridgehead atoms. The van der Waals surface area contributed by atoms with Crippen LogP contribution in [0.2, 0.25) is 0 Å². The zero-order valence-electron chi connectivity index (χ0n) is 11.8. The van der Waals surface area contributed by atoms with Crippen LogP contribution in [0.25, 0.3) is 0 Å². The number of carboxylic acid groups (broad SMARTS) is 1. The minimum absolute atomic E-state index is 0.0957. The second kappa shape index (κ2) is 7.49. The summed E-state index contributed by atoms with van der Waals surface area (Å²) in [4.78, 5) is 24.2. The van der Waals surface area contributed by atoms with Crippen LogP contribution >= 0.6 is 0 Å². The number of aromatic carboxylic acids is 1. The topological polar surface area (TPSA) is 92.9 Å². The Kier molecular flexibility index (Phi) is 5.99. The van der Waals surface area contributed by atoms with Gasteiger partial charge in [-0.05, 0) is 24.6 Å². The van der Waals surface area contributed by atoms with Gasteiger partial charge in [-0.25, -0.2) is 4.79 Å². The quantitative estimate of drug-likeness (QED) is 0.586. The maximum Gasteiger partial charge on any atom is 0.335 e. The number of anilines is 2. The van der Waals surface area contributed by atoms with Crippen molar-refractivity contribution in [3.05, 3.63) is 23.8 Å². The molecule has 6 nitrogen and oxygen atoms in total. The molecule has 0 fully saturated rings. The van der Waals surface area contributed by atoms with Crippen LogP contribution in [-0.4, -0.2) is 37.2 Å². The SMILES string of the molecule is CCCOCCC(=O)N(C)c1ccc(C(=O)O)cc1N. The van der Waals surface area contributed by atoms with E-state index >= 15 is 0 Å². The molecule has 1 aromatic rings. The summed E-state index contributed by atoms with van der Waals surface area (Å²) in [5, 5.41) is 8.86. The molecular weight excluding hydrogens is 260 g/mol. The molecule has 0 aliphatic rings. The molecule has 6 heteroatoms. The van der Waals surface area contributed by atoms with E-state index in [0.717, 1.165) is 6.42 Å². The Balaban J connectivity index is 2.69. The van der Waals surface area contributed by atoms with Crippen molar-refractivity contribution in [1.82, 2.24) is 0 Å². The Labute approximate surface area is 118 Å². The molecule has 1 amide bonds. The van der Waals surface area contributed by atoms with E-state index in [-0.39, 0.29) is 23.6 Å². The monoisotopic (exact) mass is 280 g/mol. The minimum atomic E-state index is -1.05. The van der Waals surface area contributed by atoms with Crippen molar-refractivity contribution < 1.29 is 19.4 Å². The van der Waals surface area contributed by atoms with Gasteiger partial charge in [0.05, 0.1) is 30.0 Å². The first-order valence-corrected chi connectivity index (χ1v) is 6.44. The van der Waals surface area contributed by atoms with E-state index in [1.165, 1.54) is 23.1 Å². The molecule has 1 aromatic carbocycles. The Hall–Kier alpha value is -2.08. The van der Waals surface area contributed by atoms with Gasteiger partial charge in [-0.1, -0.05) is 6.92 Å². The number of benzene rings is 1. The number of rotatable bonds is 7. The molecule has 0 aliphatic carbocycles. The lowest BCUT2D eigenvalue weighted by molar-refractivity contribution is -0.119. The highest BCUT2D eigenvalue weighted by Crippen LogP contribution is 2.24. The van der Waals surface area contributed by atoms with E-state index in [0.29, 0.717) is 18.9 Å². The van der Waals surface area contributed by atoms with Crippen LogP contribution < -0.4 is 10.6 Å². The number of hydrogen-bond donors (Lipinski definition) is 2. The Morgan fingerprint density at radius 2 is 2.05 bits per heavy atom. The predicted octanol–water partition coefficient (Wildman–Crippen LogP) is 1.75. The summed E-state index contributed by atoms with van der Waals surface area (Å²) in [6.45, 7) is 3.00. The fourth-order valence-corrected chi connectivity index (χ4v) is 1.70. The van der Waals surface area contributed by atoms with Crippen LogP contribution in [0.1, 0.15) is 30.1 Å². The number of carbonyl (C=O) groups excluding carboxylic acids is 1. The van der Waals surface area contributed by atoms with Crippen molar-refractivity contribution in [1.29, 1.82) is 0 Å². The van der Waals surface area contributed by atoms with Crippen LogP contribution in [0, 0.1) is 0 Å². The van der Waals surface area contributed by atoms with Crippen LogP contribution in [-0.2, 0) is 9.53 Å². The molecule has 0 aliphatic heterocycles. The molecule has 0 radical (unpaired) electrons. The van der Waals surface area contributed by atoms with Crippen LogP contribution in [0.4, 0.5) is 11.4 Å². The van der Waals surface area contributed by atoms with Gasteiger partial charge >= 0.3 is 5.97 Å². The van der Waals surface area contributed by atoms with Gasteiger partial charge in [0.2, 0.25) is 5.91 Å². The van der Waals surface area contributed by atoms with E-state index in [2.05, 4.69) is 0 Å². The molecule has 1 rings (SSSR count). The molecule has 0 spiro atoms. The van der Waals surface area contributed by atoms with Crippen molar-refractivity contribution in [2.24, 2.45) is 0 Å². The minimum Gasteiger partial charge on any atom is -0.478 e. The average Bonchev–Trinajstić information content (AvgIpc) is 2.42. The number of ether oxygens (including phenoxy) is 1. The summed E-state index contributed by atoms with van der Waals surface area (Å²) >= 11 is 0. The Morgan fingerprint density at radius 3 is 2.60 bits per heavy atom. The summed E-state index contributed by atoms with van der Waals surface area (Å²) in [6, 6.07) is 4.30. The molecular formula is C14H20N2O4. The fourth-order valence-electron chi connectivity index (χ4n) is 1.70. The summed E-state index contributed by atoms with van der Waals surface area (Å²) in [5.74, 6) is -1.18. The number of carboxylic acids is 1. The Morgan fingerprint density at radius 1 is 1.35 bits per heavy atom. The van der Waals surface area contributed by atoms with Crippen molar-refractivity contribution in [3.63, 3.8) is 0 Å². The van der Waals surface area contributed by atoms with E-state index in [1.807, 2.05) is 6.92 Å². The van der Waals surface area contributed by atoms with Gasteiger partial charge in [-0.15, -0.1) is 0 Å². The molecule has 0 aromatic heterocycles. The molecule has 0 heterocycles. The van der Waals surface area contributed by atoms with Gasteiger partial charge in [0.15, 0.2) is 0 Å². The second-order valence-corrected chi connectivity index (χ2v) is 4.39. The largest absolute Gasteiger partial charge is 0.478 e. The van der Waals surface area contributed by atoms with Crippen molar-refractivity contribution >= 4 is 23.3 Å². The third-order valence-corrected chi connectivity index (χ3v) is 2.82. The molecule has 0 atom stereocenters. The van der Waals surface area contributed by atoms with Crippen LogP contribution in [0.15, 0.2) is 18.2 Å². The summed E-state index contributed by atoms with van der Waals surface area (Å²) in [7, 11) is 1.61. The molecule has 0 saturated carbocycles. The van der Waals surface area contributed by atoms with Gasteiger partial charge in [0.25, 0.3) is 0 Å². The van der Waals surface area contributed by atoms with E-state index < -0.39 is 5.97 Å². The normalized spacial score (nSPS) is 10.3. The standard InChI is InChI=1S/C14H20N2O4/c1-3-7-20-8-6-13(17)16(2)12-5-4-10(14(18)19)9-11(12)15/h4-5,9H,3,6-8,15H2,1-2H3,(H,18,19). The van der Waals surface area contributed by atoms with E-state index in [4.69, 9.17) is 15.6 Å². The van der Waals surface area contributed by atoms with E-state index in [9.17, 15) is 9.59 Å². The van der Waals surface area contributed by atoms with Gasteiger partial charge in [-0.2, -0.15) is 0 Å². The lowest BCUT2D eigenvalue weighted by Crippen LogP contribution is -2.28. The third kappa shape index (κ3) is 4.24. The molecule has 0 saturated heterocycles. The zero-order valence-corrected chi connectivity index (χ0v) is 11.8. The first-order valence-electron chi connectivity index (χ1n) is 6.44. The zero-order chi connectivity index (χ0) is 15.1. The van der Waals surface area contributed by atoms with Gasteiger partial charge in [0.1, 0.15) is 0 Å². The molecule has 3 N–H and O–H groups in total. The first kappa shape index (κ1) is 16.0. The number of nitrogen functional groups attached to an aromatic ring is 1. The number of amides is 1. The number of carbonyl (C=O) groups is 2. The van der Waals surface area contributed by atoms with Crippen LogP contribution in [0.5, 0.6) is 0 Å². The highest BCUT2D eigenvalue weighted by atomic mass is 16.5. The van der Waals surface area contributed by atoms with E-state index in [1.54, 1.807) is 7.05 Å². The summed E-state index contributed by atoms with van der Waals surface area (Å²) in [6.07, 6.45) is 1.17. The fraction of sp³-hybridized carbons (Fsp3) is 0.429. The summed E-state index contributed by atoms with van der Waals surface area (Å²) in [5.41, 5.74) is 6.64. The highest BCUT2D eigenvalue weighted by molar-refractivity contribution is 5.97. The van der Waals surface area contributed by atoms with Crippen molar-refractivity contribution in [3.8, 4) is 0 Å². The lowest BCUT2D eigenvalue weighted by atomic mass is 10.1. The maximum atomic E-state index is 12.0. The highest BCUT2D eigenvalue weighted by Gasteiger charge is 2.15. The van der Waals surface area contributed by atoms with Crippen molar-refractivity contribution in [2.75, 3.05) is 30.9 Å². The molecule has 20 heavy (non-hydrogen) atoms. The summed E-state index contributed by atoms with van der Waals surface area (Å²) < 4.78 is 5.26. The third-order valence-electron chi connectivity index (χ3n) is 2.82. The molecule has 110 valence electrons. The predicted molar refractivity (Wildman–Crippen MR) is 77.0 cm³/mol. The Bertz CT molecular complexity index is 488. The van der Waals surface area contributed by atoms with Gasteiger partial charge in [0, 0.05) is 13.7 Å². The second-order valence-electron chi connectivity index (χ2n) is 4.39. The van der Waals surface area contributed by atoms with Gasteiger partial charge in [-0.3, -0.25) is 4.79 Å². The lowest BCUT2D eigenvalue weighted by Gasteiger charge is -2.19. The van der Waals surface area contributed by atoms with Crippen molar-refractivity contribution in [2.45, 2.75) is 19.8 Å². The van der Waals surface area contributed by atoms with Crippen LogP contribution in [0.3, 0.4) is 0 Å². The first-order chi connectivity index (χ1) is 9.47. The molecule has 0 unspecified atom stereocenters. The number of nitrogens with zero attached hydrogens (tertiary/aromatic N) is 1. The maximum absolute atomic E-state index is 12.0. The number of nitrogens with two attached hydrogens (primary N) is 1. The number of hydrogen-bond acceptors (Lipinski definition) is 4. The average molecular weight is 280 g/mol.